The quantitative estimate of drug-likeness (QED) is 0.703. The maximum Gasteiger partial charge on any atom is 0.257 e. The molecule has 3 aromatic rings. The normalized spacial score (nSPS) is 12.6. The van der Waals surface area contributed by atoms with E-state index >= 15 is 0 Å². The third kappa shape index (κ3) is 3.16. The highest BCUT2D eigenvalue weighted by Gasteiger charge is 2.20. The molecule has 0 saturated heterocycles. The van der Waals surface area contributed by atoms with Crippen molar-refractivity contribution in [2.75, 3.05) is 10.6 Å². The van der Waals surface area contributed by atoms with Crippen LogP contribution in [0.4, 0.5) is 10.8 Å². The number of nitrogens with zero attached hydrogens (tertiary/aromatic N) is 1. The van der Waals surface area contributed by atoms with Crippen LogP contribution in [-0.4, -0.2) is 16.8 Å². The maximum atomic E-state index is 12.4. The first kappa shape index (κ1) is 15.9. The first-order valence-corrected chi connectivity index (χ1v) is 9.19. The molecule has 0 radical (unpaired) electrons. The molecule has 25 heavy (non-hydrogen) atoms. The summed E-state index contributed by atoms with van der Waals surface area (Å²) in [6, 6.07) is 12.8. The Morgan fingerprint density at radius 1 is 1.16 bits per heavy atom. The second-order valence-corrected chi connectivity index (χ2v) is 7.81. The number of carbonyl (C=O) groups excluding carboxylic acids is 2. The van der Waals surface area contributed by atoms with Gasteiger partial charge in [0.05, 0.1) is 11.3 Å². The van der Waals surface area contributed by atoms with Crippen molar-refractivity contribution in [3.05, 3.63) is 64.7 Å². The van der Waals surface area contributed by atoms with Crippen molar-refractivity contribution >= 4 is 45.7 Å². The number of rotatable bonds is 2. The Kier molecular flexibility index (Phi) is 4.03. The Labute approximate surface area is 152 Å². The molecule has 5 nitrogen and oxygen atoms in total. The molecule has 0 fully saturated rings. The van der Waals surface area contributed by atoms with Crippen LogP contribution in [0.3, 0.4) is 0 Å². The van der Waals surface area contributed by atoms with Crippen molar-refractivity contribution in [2.45, 2.75) is 16.7 Å². The highest BCUT2D eigenvalue weighted by atomic mass is 32.2. The summed E-state index contributed by atoms with van der Waals surface area (Å²) in [5.74, 6) is -0.423. The van der Waals surface area contributed by atoms with E-state index in [9.17, 15) is 9.59 Å². The highest BCUT2D eigenvalue weighted by Crippen LogP contribution is 2.39. The van der Waals surface area contributed by atoms with Gasteiger partial charge in [-0.15, -0.1) is 11.3 Å². The van der Waals surface area contributed by atoms with Crippen molar-refractivity contribution in [1.29, 1.82) is 0 Å². The molecule has 2 aromatic carbocycles. The zero-order valence-electron chi connectivity index (χ0n) is 13.2. The van der Waals surface area contributed by atoms with Gasteiger partial charge in [0.2, 0.25) is 0 Å². The summed E-state index contributed by atoms with van der Waals surface area (Å²) in [6.07, 6.45) is 1.71. The van der Waals surface area contributed by atoms with Crippen LogP contribution >= 0.6 is 23.1 Å². The van der Waals surface area contributed by atoms with Gasteiger partial charge in [-0.25, -0.2) is 4.98 Å². The Balaban J connectivity index is 1.63. The van der Waals surface area contributed by atoms with Gasteiger partial charge in [-0.1, -0.05) is 23.9 Å². The van der Waals surface area contributed by atoms with Crippen LogP contribution in [0.25, 0.3) is 0 Å². The minimum absolute atomic E-state index is 0.171. The Morgan fingerprint density at radius 3 is 2.80 bits per heavy atom. The predicted octanol–water partition coefficient (Wildman–Crippen LogP) is 4.42. The van der Waals surface area contributed by atoms with Crippen molar-refractivity contribution in [3.8, 4) is 0 Å². The summed E-state index contributed by atoms with van der Waals surface area (Å²) < 4.78 is 0. The van der Waals surface area contributed by atoms with Gasteiger partial charge in [-0.2, -0.15) is 0 Å². The van der Waals surface area contributed by atoms with Gasteiger partial charge >= 0.3 is 0 Å². The summed E-state index contributed by atoms with van der Waals surface area (Å²) in [6.45, 7) is 1.93. The number of amides is 2. The summed E-state index contributed by atoms with van der Waals surface area (Å²) >= 11 is 2.93. The molecule has 1 aromatic heterocycles. The van der Waals surface area contributed by atoms with Crippen molar-refractivity contribution < 1.29 is 9.59 Å². The van der Waals surface area contributed by atoms with Crippen LogP contribution in [0.5, 0.6) is 0 Å². The molecule has 0 aliphatic carbocycles. The Bertz CT molecular complexity index is 997. The number of fused-ring (bicyclic) bond motifs is 2. The van der Waals surface area contributed by atoms with Crippen molar-refractivity contribution in [3.63, 3.8) is 0 Å². The molecule has 1 aliphatic rings. The van der Waals surface area contributed by atoms with E-state index in [4.69, 9.17) is 0 Å². The lowest BCUT2D eigenvalue weighted by molar-refractivity contribution is 0.101. The molecule has 2 N–H and O–H groups in total. The summed E-state index contributed by atoms with van der Waals surface area (Å²) in [4.78, 5) is 31.8. The number of nitrogens with one attached hydrogen (secondary N) is 2. The zero-order valence-corrected chi connectivity index (χ0v) is 14.8. The number of hydrogen-bond acceptors (Lipinski definition) is 5. The maximum absolute atomic E-state index is 12.4. The predicted molar refractivity (Wildman–Crippen MR) is 99.8 cm³/mol. The fourth-order valence-corrected chi connectivity index (χ4v) is 4.16. The molecule has 0 spiro atoms. The fourth-order valence-electron chi connectivity index (χ4n) is 2.49. The number of carbonyl (C=O) groups is 2. The number of thiazole rings is 1. The second kappa shape index (κ2) is 6.34. The van der Waals surface area contributed by atoms with Gasteiger partial charge in [-0.3, -0.25) is 14.9 Å². The van der Waals surface area contributed by atoms with Gasteiger partial charge in [0.15, 0.2) is 5.13 Å². The second-order valence-electron chi connectivity index (χ2n) is 5.49. The molecule has 0 saturated carbocycles. The van der Waals surface area contributed by atoms with Gasteiger partial charge in [0.1, 0.15) is 0 Å². The van der Waals surface area contributed by atoms with Crippen LogP contribution in [0.1, 0.15) is 25.6 Å². The zero-order chi connectivity index (χ0) is 17.4. The van der Waals surface area contributed by atoms with Crippen LogP contribution in [0.2, 0.25) is 0 Å². The van der Waals surface area contributed by atoms with Gasteiger partial charge in [-0.05, 0) is 37.3 Å². The van der Waals surface area contributed by atoms with E-state index in [-0.39, 0.29) is 11.8 Å². The van der Waals surface area contributed by atoms with E-state index in [1.165, 1.54) is 23.1 Å². The van der Waals surface area contributed by atoms with Crippen molar-refractivity contribution in [1.82, 2.24) is 4.98 Å². The summed E-state index contributed by atoms with van der Waals surface area (Å²) in [5, 5.41) is 6.23. The third-order valence-electron chi connectivity index (χ3n) is 3.68. The van der Waals surface area contributed by atoms with E-state index < -0.39 is 0 Å². The standard InChI is InChI=1S/C18H13N3O2S2/c1-10-9-19-18(24-10)21-16(22)11-6-7-15-13(8-11)20-17(23)12-4-2-3-5-14(12)25-15/h2-9H,1H3,(H,20,23)(H,19,21,22). The molecule has 2 amide bonds. The van der Waals surface area contributed by atoms with Crippen molar-refractivity contribution in [2.24, 2.45) is 0 Å². The molecule has 1 aliphatic heterocycles. The molecule has 7 heteroatoms. The van der Waals surface area contributed by atoms with Crippen LogP contribution in [0.15, 0.2) is 58.5 Å². The lowest BCUT2D eigenvalue weighted by Gasteiger charge is -2.08. The molecule has 4 rings (SSSR count). The molecule has 0 atom stereocenters. The number of hydrogen-bond donors (Lipinski definition) is 2. The monoisotopic (exact) mass is 367 g/mol. The molecular formula is C18H13N3O2S2. The minimum atomic E-state index is -0.252. The largest absolute Gasteiger partial charge is 0.321 e. The van der Waals surface area contributed by atoms with E-state index in [2.05, 4.69) is 15.6 Å². The van der Waals surface area contributed by atoms with E-state index in [0.717, 1.165) is 14.7 Å². The van der Waals surface area contributed by atoms with E-state index in [1.807, 2.05) is 31.2 Å². The molecule has 124 valence electrons. The summed E-state index contributed by atoms with van der Waals surface area (Å²) in [7, 11) is 0. The van der Waals surface area contributed by atoms with Crippen LogP contribution in [0, 0.1) is 6.92 Å². The Hall–Kier alpha value is -2.64. The lowest BCUT2D eigenvalue weighted by Crippen LogP contribution is -2.14. The lowest BCUT2D eigenvalue weighted by atomic mass is 10.1. The van der Waals surface area contributed by atoms with Gasteiger partial charge in [0.25, 0.3) is 11.8 Å². The minimum Gasteiger partial charge on any atom is -0.321 e. The number of aromatic nitrogens is 1. The topological polar surface area (TPSA) is 71.1 Å². The highest BCUT2D eigenvalue weighted by molar-refractivity contribution is 7.99. The summed E-state index contributed by atoms with van der Waals surface area (Å²) in [5.41, 5.74) is 1.74. The van der Waals surface area contributed by atoms with E-state index in [0.29, 0.717) is 21.9 Å². The van der Waals surface area contributed by atoms with Crippen LogP contribution < -0.4 is 10.6 Å². The number of benzene rings is 2. The average molecular weight is 367 g/mol. The number of anilines is 2. The molecular weight excluding hydrogens is 354 g/mol. The average Bonchev–Trinajstić information content (AvgIpc) is 2.94. The molecule has 0 unspecified atom stereocenters. The third-order valence-corrected chi connectivity index (χ3v) is 5.66. The first-order chi connectivity index (χ1) is 12.1. The smallest absolute Gasteiger partial charge is 0.257 e. The number of aryl methyl sites for hydroxylation is 1. The van der Waals surface area contributed by atoms with Gasteiger partial charge in [0, 0.05) is 26.4 Å². The first-order valence-electron chi connectivity index (χ1n) is 7.56. The molecule has 2 heterocycles. The van der Waals surface area contributed by atoms with Gasteiger partial charge < -0.3 is 5.32 Å². The Morgan fingerprint density at radius 2 is 2.00 bits per heavy atom. The van der Waals surface area contributed by atoms with Crippen LogP contribution in [-0.2, 0) is 0 Å². The SMILES string of the molecule is Cc1cnc(NC(=O)c2ccc3c(c2)NC(=O)c2ccccc2S3)s1. The van der Waals surface area contributed by atoms with E-state index in [1.54, 1.807) is 24.4 Å². The fraction of sp³-hybridized carbons (Fsp3) is 0.0556. The molecule has 0 bridgehead atoms.